The van der Waals surface area contributed by atoms with Gasteiger partial charge in [0.2, 0.25) is 5.95 Å². The highest BCUT2D eigenvalue weighted by molar-refractivity contribution is 7.92. The van der Waals surface area contributed by atoms with Gasteiger partial charge in [-0.25, -0.2) is 32.2 Å². The van der Waals surface area contributed by atoms with Gasteiger partial charge in [-0.15, -0.1) is 11.3 Å². The van der Waals surface area contributed by atoms with Crippen LogP contribution in [0.3, 0.4) is 0 Å². The predicted octanol–water partition coefficient (Wildman–Crippen LogP) is 8.21. The van der Waals surface area contributed by atoms with E-state index in [1.165, 1.54) is 41.7 Å². The lowest BCUT2D eigenvalue weighted by Gasteiger charge is -2.53. The average molecular weight is 747 g/mol. The van der Waals surface area contributed by atoms with Crippen LogP contribution in [0.4, 0.5) is 20.4 Å². The fourth-order valence-electron chi connectivity index (χ4n) is 6.31. The van der Waals surface area contributed by atoms with Crippen LogP contribution in [0, 0.1) is 17.0 Å². The molecule has 0 bridgehead atoms. The number of sulfonamides is 1. The fourth-order valence-corrected chi connectivity index (χ4v) is 11.3. The minimum Gasteiger partial charge on any atom is -0.351 e. The molecule has 248 valence electrons. The minimum absolute atomic E-state index is 0.0211. The number of benzene rings is 3. The first-order valence-corrected chi connectivity index (χ1v) is 19.5. The van der Waals surface area contributed by atoms with E-state index in [-0.39, 0.29) is 40.4 Å². The molecule has 0 atom stereocenters. The van der Waals surface area contributed by atoms with Crippen LogP contribution >= 0.6 is 34.5 Å². The Bertz CT molecular complexity index is 2180. The monoisotopic (exact) mass is 745 g/mol. The minimum atomic E-state index is -4.51. The lowest BCUT2D eigenvalue weighted by Crippen LogP contribution is -2.57. The van der Waals surface area contributed by atoms with Crippen LogP contribution < -0.4 is 10.0 Å². The molecule has 0 amide bonds. The highest BCUT2D eigenvalue weighted by Gasteiger charge is 2.52. The summed E-state index contributed by atoms with van der Waals surface area (Å²) >= 11 is 14.3. The van der Waals surface area contributed by atoms with Crippen LogP contribution in [-0.2, 0) is 27.2 Å². The summed E-state index contributed by atoms with van der Waals surface area (Å²) < 4.78 is 71.9. The predicted molar refractivity (Wildman–Crippen MR) is 188 cm³/mol. The van der Waals surface area contributed by atoms with Crippen LogP contribution in [0.15, 0.2) is 71.8 Å². The maximum Gasteiger partial charge on any atom is 0.265 e. The number of hydrogen-bond acceptors (Lipinski definition) is 8. The van der Waals surface area contributed by atoms with Crippen molar-refractivity contribution in [3.8, 4) is 32.4 Å². The van der Waals surface area contributed by atoms with E-state index in [0.717, 1.165) is 30.4 Å². The summed E-state index contributed by atoms with van der Waals surface area (Å²) in [6.45, 7) is 1.70. The summed E-state index contributed by atoms with van der Waals surface area (Å²) in [5, 5.41) is 4.44. The number of aryl methyl sites for hydroxylation is 1. The zero-order valence-electron chi connectivity index (χ0n) is 25.3. The van der Waals surface area contributed by atoms with Crippen molar-refractivity contribution >= 4 is 67.0 Å². The third-order valence-corrected chi connectivity index (χ3v) is 13.6. The molecule has 8 nitrogen and oxygen atoms in total. The molecule has 2 fully saturated rings. The molecule has 0 radical (unpaired) electrons. The number of nitrogens with one attached hydrogen (secondary N) is 2. The molecule has 3 aromatic carbocycles. The van der Waals surface area contributed by atoms with Crippen molar-refractivity contribution < 1.29 is 21.4 Å². The molecule has 15 heteroatoms. The molecule has 1 saturated carbocycles. The summed E-state index contributed by atoms with van der Waals surface area (Å²) in [6.07, 6.45) is 3.61. The van der Waals surface area contributed by atoms with Crippen LogP contribution in [0.5, 0.6) is 0 Å². The molecule has 0 unspecified atom stereocenters. The van der Waals surface area contributed by atoms with Gasteiger partial charge in [0.05, 0.1) is 32.0 Å². The van der Waals surface area contributed by atoms with Crippen LogP contribution in [-0.4, -0.2) is 45.1 Å². The van der Waals surface area contributed by atoms with Gasteiger partial charge in [-0.3, -0.25) is 8.93 Å². The number of thiazole rings is 1. The third-order valence-electron chi connectivity index (χ3n) is 8.51. The van der Waals surface area contributed by atoms with Crippen molar-refractivity contribution in [2.45, 2.75) is 37.1 Å². The lowest BCUT2D eigenvalue weighted by atomic mass is 9.67. The first-order valence-electron chi connectivity index (χ1n) is 15.0. The summed E-state index contributed by atoms with van der Waals surface area (Å²) in [5.41, 5.74) is 1.07. The molecule has 1 aliphatic heterocycles. The molecule has 2 aliphatic rings. The Morgan fingerprint density at radius 1 is 1.00 bits per heavy atom. The van der Waals surface area contributed by atoms with E-state index in [4.69, 9.17) is 33.2 Å². The number of anilines is 2. The normalized spacial score (nSPS) is 20.3. The second-order valence-corrected chi connectivity index (χ2v) is 16.8. The zero-order valence-corrected chi connectivity index (χ0v) is 29.2. The van der Waals surface area contributed by atoms with Crippen molar-refractivity contribution in [3.63, 3.8) is 0 Å². The van der Waals surface area contributed by atoms with Crippen molar-refractivity contribution in [1.82, 2.24) is 15.0 Å². The Morgan fingerprint density at radius 2 is 1.71 bits per heavy atom. The highest BCUT2D eigenvalue weighted by Crippen LogP contribution is 2.49. The van der Waals surface area contributed by atoms with Gasteiger partial charge in [0.15, 0.2) is 5.82 Å². The number of nitrogens with zero attached hydrogens (tertiary/aromatic N) is 3. The van der Waals surface area contributed by atoms with Gasteiger partial charge in [-0.2, -0.15) is 0 Å². The van der Waals surface area contributed by atoms with Crippen molar-refractivity contribution in [3.05, 3.63) is 94.1 Å². The maximum absolute atomic E-state index is 16.4. The Hall–Kier alpha value is -3.49. The molecule has 1 saturated heterocycles. The maximum atomic E-state index is 16.4. The molecule has 3 heterocycles. The molecular formula is C33H27Cl2F2N5O3S3. The van der Waals surface area contributed by atoms with E-state index < -0.39 is 37.4 Å². The Labute approximate surface area is 292 Å². The number of rotatable bonds is 9. The smallest absolute Gasteiger partial charge is 0.265 e. The number of aromatic nitrogens is 3. The van der Waals surface area contributed by atoms with Gasteiger partial charge in [-0.1, -0.05) is 54.4 Å². The van der Waals surface area contributed by atoms with Gasteiger partial charge in [0.1, 0.15) is 15.7 Å². The average Bonchev–Trinajstić information content (AvgIpc) is 3.44. The van der Waals surface area contributed by atoms with Crippen LogP contribution in [0.25, 0.3) is 32.4 Å². The molecular weight excluding hydrogens is 719 g/mol. The summed E-state index contributed by atoms with van der Waals surface area (Å²) in [6, 6.07) is 15.1. The van der Waals surface area contributed by atoms with Crippen LogP contribution in [0.2, 0.25) is 10.0 Å². The standard InChI is InChI=1S/C33H27Cl2F2N5O3S3/c1-2-18-6-3-10-23(36)30(18)48(44,45)42-24-11-4-7-20(27(24)37)28-29(46-31(41-28)26-21(34)8-5-9-22(26)35)25-12-13-38-32(40-25)39-19-14-33(15-19)16-47(43)17-33/h3-13,19,42H,2,14-17H2,1H3,(H,38,39,40). The van der Waals surface area contributed by atoms with Gasteiger partial charge >= 0.3 is 0 Å². The SMILES string of the molecule is CCc1cccc(F)c1S(=O)(=O)Nc1cccc(-c2nc(-c3c(Cl)cccc3Cl)sc2-c2ccnc(NC3CC4(C3)CS(=O)C4)n2)c1F. The zero-order chi connectivity index (χ0) is 33.8. The molecule has 48 heavy (non-hydrogen) atoms. The molecule has 2 N–H and O–H groups in total. The molecule has 1 spiro atoms. The van der Waals surface area contributed by atoms with Crippen molar-refractivity contribution in [2.24, 2.45) is 5.41 Å². The van der Waals surface area contributed by atoms with Gasteiger partial charge < -0.3 is 5.32 Å². The first kappa shape index (κ1) is 33.0. The topological polar surface area (TPSA) is 114 Å². The van der Waals surface area contributed by atoms with Crippen molar-refractivity contribution in [2.75, 3.05) is 21.5 Å². The fraction of sp³-hybridized carbons (Fsp3) is 0.242. The lowest BCUT2D eigenvalue weighted by molar-refractivity contribution is 0.159. The third kappa shape index (κ3) is 6.11. The van der Waals surface area contributed by atoms with E-state index in [1.54, 1.807) is 37.4 Å². The van der Waals surface area contributed by atoms with Crippen molar-refractivity contribution in [1.29, 1.82) is 0 Å². The second-order valence-electron chi connectivity index (χ2n) is 11.9. The van der Waals surface area contributed by atoms with E-state index in [9.17, 15) is 17.0 Å². The summed E-state index contributed by atoms with van der Waals surface area (Å²) in [5.74, 6) is -0.0176. The van der Waals surface area contributed by atoms with E-state index >= 15 is 4.39 Å². The van der Waals surface area contributed by atoms with Gasteiger partial charge in [0, 0.05) is 45.7 Å². The molecule has 2 aromatic heterocycles. The Kier molecular flexibility index (Phi) is 8.78. The second kappa shape index (κ2) is 12.8. The van der Waals surface area contributed by atoms with Gasteiger partial charge in [0.25, 0.3) is 10.0 Å². The Morgan fingerprint density at radius 3 is 2.42 bits per heavy atom. The van der Waals surface area contributed by atoms with E-state index in [2.05, 4.69) is 15.0 Å². The summed E-state index contributed by atoms with van der Waals surface area (Å²) in [7, 11) is -5.24. The highest BCUT2D eigenvalue weighted by atomic mass is 35.5. The van der Waals surface area contributed by atoms with Crippen LogP contribution in [0.1, 0.15) is 25.3 Å². The quantitative estimate of drug-likeness (QED) is 0.156. The molecule has 7 rings (SSSR count). The largest absolute Gasteiger partial charge is 0.351 e. The number of hydrogen-bond donors (Lipinski definition) is 2. The Balaban J connectivity index is 1.29. The first-order chi connectivity index (χ1) is 23.0. The van der Waals surface area contributed by atoms with E-state index in [0.29, 0.717) is 37.1 Å². The summed E-state index contributed by atoms with van der Waals surface area (Å²) in [4.78, 5) is 13.8. The number of halogens is 4. The molecule has 5 aromatic rings. The van der Waals surface area contributed by atoms with E-state index in [1.807, 2.05) is 0 Å². The van der Waals surface area contributed by atoms with Gasteiger partial charge in [-0.05, 0) is 66.6 Å². The molecule has 1 aliphatic carbocycles.